The summed E-state index contributed by atoms with van der Waals surface area (Å²) in [7, 11) is 0. The smallest absolute Gasteiger partial charge is 0.224 e. The van der Waals surface area contributed by atoms with Gasteiger partial charge in [0.2, 0.25) is 5.91 Å². The minimum absolute atomic E-state index is 0.0672. The molecule has 0 bridgehead atoms. The van der Waals surface area contributed by atoms with Crippen LogP contribution in [0.4, 0.5) is 5.69 Å². The minimum Gasteiger partial charge on any atom is -0.308 e. The second-order valence-electron chi connectivity index (χ2n) is 4.70. The Morgan fingerprint density at radius 3 is 2.37 bits per heavy atom. The van der Waals surface area contributed by atoms with Crippen molar-refractivity contribution in [2.75, 3.05) is 4.90 Å². The highest BCUT2D eigenvalue weighted by Gasteiger charge is 2.17. The fourth-order valence-electron chi connectivity index (χ4n) is 2.43. The number of carbonyl (C=O) groups is 1. The zero-order valence-electron chi connectivity index (χ0n) is 10.8. The van der Waals surface area contributed by atoms with Gasteiger partial charge in [-0.15, -0.1) is 0 Å². The Bertz CT molecular complexity index is 658. The van der Waals surface area contributed by atoms with Crippen molar-refractivity contribution >= 4 is 23.7 Å². The van der Waals surface area contributed by atoms with Gasteiger partial charge < -0.3 is 4.90 Å². The van der Waals surface area contributed by atoms with E-state index in [0.717, 1.165) is 11.3 Å². The number of nitrogens with zero attached hydrogens (tertiary/aromatic N) is 1. The van der Waals surface area contributed by atoms with Crippen LogP contribution in [0.15, 0.2) is 48.5 Å². The van der Waals surface area contributed by atoms with Crippen molar-refractivity contribution in [1.82, 2.24) is 0 Å². The third kappa shape index (κ3) is 2.17. The van der Waals surface area contributed by atoms with Gasteiger partial charge in [-0.3, -0.25) is 4.79 Å². The van der Waals surface area contributed by atoms with Gasteiger partial charge in [-0.1, -0.05) is 54.6 Å². The van der Waals surface area contributed by atoms with Gasteiger partial charge in [0.05, 0.1) is 12.2 Å². The van der Waals surface area contributed by atoms with Crippen molar-refractivity contribution in [3.05, 3.63) is 65.2 Å². The first-order valence-corrected chi connectivity index (χ1v) is 6.39. The van der Waals surface area contributed by atoms with Gasteiger partial charge in [0, 0.05) is 6.92 Å². The number of anilines is 1. The molecule has 2 aromatic rings. The zero-order chi connectivity index (χ0) is 13.2. The van der Waals surface area contributed by atoms with E-state index in [9.17, 15) is 4.79 Å². The van der Waals surface area contributed by atoms with E-state index >= 15 is 0 Å². The molecule has 1 amide bonds. The summed E-state index contributed by atoms with van der Waals surface area (Å²) in [4.78, 5) is 13.8. The maximum Gasteiger partial charge on any atom is 0.224 e. The lowest BCUT2D eigenvalue weighted by atomic mass is 10.0. The molecule has 0 aromatic heterocycles. The van der Waals surface area contributed by atoms with Gasteiger partial charge in [0.25, 0.3) is 0 Å². The van der Waals surface area contributed by atoms with Crippen LogP contribution in [-0.4, -0.2) is 5.91 Å². The monoisotopic (exact) mass is 249 g/mol. The number of hydrogen-bond acceptors (Lipinski definition) is 1. The van der Waals surface area contributed by atoms with Crippen molar-refractivity contribution in [1.29, 1.82) is 0 Å². The molecule has 0 aliphatic carbocycles. The molecule has 0 radical (unpaired) electrons. The molecule has 0 saturated heterocycles. The highest BCUT2D eigenvalue weighted by Crippen LogP contribution is 2.28. The molecule has 2 aromatic carbocycles. The summed E-state index contributed by atoms with van der Waals surface area (Å²) < 4.78 is 0. The fourth-order valence-corrected chi connectivity index (χ4v) is 2.43. The fraction of sp³-hybridized carbons (Fsp3) is 0.118. The number of fused-ring (bicyclic) bond motifs is 2. The van der Waals surface area contributed by atoms with Crippen molar-refractivity contribution in [2.45, 2.75) is 13.5 Å². The molecule has 1 heterocycles. The van der Waals surface area contributed by atoms with Gasteiger partial charge in [0.15, 0.2) is 0 Å². The van der Waals surface area contributed by atoms with Crippen LogP contribution in [0.2, 0.25) is 0 Å². The molecule has 2 nitrogen and oxygen atoms in total. The van der Waals surface area contributed by atoms with Crippen molar-refractivity contribution in [3.8, 4) is 0 Å². The summed E-state index contributed by atoms with van der Waals surface area (Å²) in [6.07, 6.45) is 4.19. The zero-order valence-corrected chi connectivity index (χ0v) is 10.8. The third-order valence-electron chi connectivity index (χ3n) is 3.43. The van der Waals surface area contributed by atoms with Crippen molar-refractivity contribution in [3.63, 3.8) is 0 Å². The molecule has 19 heavy (non-hydrogen) atoms. The first-order valence-electron chi connectivity index (χ1n) is 6.39. The first kappa shape index (κ1) is 11.7. The minimum atomic E-state index is 0.0672. The molecule has 0 spiro atoms. The number of hydrogen-bond donors (Lipinski definition) is 0. The quantitative estimate of drug-likeness (QED) is 0.696. The van der Waals surface area contributed by atoms with Gasteiger partial charge >= 0.3 is 0 Å². The van der Waals surface area contributed by atoms with Crippen LogP contribution in [-0.2, 0) is 11.3 Å². The van der Waals surface area contributed by atoms with Gasteiger partial charge in [-0.25, -0.2) is 0 Å². The van der Waals surface area contributed by atoms with Crippen LogP contribution in [0.5, 0.6) is 0 Å². The van der Waals surface area contributed by atoms with E-state index in [1.165, 1.54) is 11.1 Å². The van der Waals surface area contributed by atoms with Crippen LogP contribution >= 0.6 is 0 Å². The largest absolute Gasteiger partial charge is 0.308 e. The standard InChI is InChI=1S/C17H15NO/c1-13(19)18-12-16-8-3-2-6-14(16)10-11-15-7-4-5-9-17(15)18/h2-11H,12H2,1H3/b11-10-. The van der Waals surface area contributed by atoms with E-state index < -0.39 is 0 Å². The summed E-state index contributed by atoms with van der Waals surface area (Å²) in [6.45, 7) is 2.23. The molecular weight excluding hydrogens is 234 g/mol. The Labute approximate surface area is 113 Å². The average Bonchev–Trinajstić information content (AvgIpc) is 2.41. The normalized spacial score (nSPS) is 14.9. The maximum atomic E-state index is 11.9. The van der Waals surface area contributed by atoms with Crippen molar-refractivity contribution < 1.29 is 4.79 Å². The van der Waals surface area contributed by atoms with E-state index in [-0.39, 0.29) is 5.91 Å². The molecule has 0 unspecified atom stereocenters. The molecule has 0 fully saturated rings. The van der Waals surface area contributed by atoms with Crippen molar-refractivity contribution in [2.24, 2.45) is 0 Å². The Morgan fingerprint density at radius 2 is 1.58 bits per heavy atom. The lowest BCUT2D eigenvalue weighted by molar-refractivity contribution is -0.116. The van der Waals surface area contributed by atoms with Crippen LogP contribution < -0.4 is 4.90 Å². The number of rotatable bonds is 0. The maximum absolute atomic E-state index is 11.9. The predicted octanol–water partition coefficient (Wildman–Crippen LogP) is 3.72. The molecule has 0 saturated carbocycles. The Hall–Kier alpha value is -2.35. The Balaban J connectivity index is 2.19. The second-order valence-corrected chi connectivity index (χ2v) is 4.70. The van der Waals surface area contributed by atoms with E-state index in [0.29, 0.717) is 6.54 Å². The molecule has 1 aliphatic heterocycles. The molecular formula is C17H15NO. The molecule has 0 N–H and O–H groups in total. The molecule has 94 valence electrons. The summed E-state index contributed by atoms with van der Waals surface area (Å²) in [6, 6.07) is 16.2. The predicted molar refractivity (Wildman–Crippen MR) is 78.7 cm³/mol. The van der Waals surface area contributed by atoms with Crippen LogP contribution in [0.1, 0.15) is 23.6 Å². The lowest BCUT2D eigenvalue weighted by Gasteiger charge is -2.25. The Kier molecular flexibility index (Phi) is 2.92. The summed E-state index contributed by atoms with van der Waals surface area (Å²) in [5.74, 6) is 0.0672. The number of para-hydroxylation sites is 1. The van der Waals surface area contributed by atoms with Gasteiger partial charge in [0.1, 0.15) is 0 Å². The number of amides is 1. The Morgan fingerprint density at radius 1 is 0.947 bits per heavy atom. The SMILES string of the molecule is CC(=O)N1Cc2ccccc2/C=C\c2ccccc21. The highest BCUT2D eigenvalue weighted by atomic mass is 16.2. The van der Waals surface area contributed by atoms with E-state index in [1.54, 1.807) is 6.92 Å². The molecule has 1 aliphatic rings. The summed E-state index contributed by atoms with van der Waals surface area (Å²) >= 11 is 0. The van der Waals surface area contributed by atoms with Crippen LogP contribution in [0, 0.1) is 0 Å². The number of carbonyl (C=O) groups excluding carboxylic acids is 1. The molecule has 3 rings (SSSR count). The molecule has 0 atom stereocenters. The van der Waals surface area contributed by atoms with E-state index in [2.05, 4.69) is 24.3 Å². The van der Waals surface area contributed by atoms with E-state index in [1.807, 2.05) is 41.3 Å². The van der Waals surface area contributed by atoms with Gasteiger partial charge in [-0.2, -0.15) is 0 Å². The summed E-state index contributed by atoms with van der Waals surface area (Å²) in [5.41, 5.74) is 4.39. The van der Waals surface area contributed by atoms with Gasteiger partial charge in [-0.05, 0) is 22.8 Å². The molecule has 2 heteroatoms. The van der Waals surface area contributed by atoms with Crippen LogP contribution in [0.3, 0.4) is 0 Å². The van der Waals surface area contributed by atoms with E-state index in [4.69, 9.17) is 0 Å². The van der Waals surface area contributed by atoms with Crippen LogP contribution in [0.25, 0.3) is 12.2 Å². The third-order valence-corrected chi connectivity index (χ3v) is 3.43. The summed E-state index contributed by atoms with van der Waals surface area (Å²) in [5, 5.41) is 0. The first-order chi connectivity index (χ1) is 9.25. The average molecular weight is 249 g/mol. The second kappa shape index (κ2) is 4.73. The lowest BCUT2D eigenvalue weighted by Crippen LogP contribution is -2.29. The highest BCUT2D eigenvalue weighted by molar-refractivity contribution is 5.95. The topological polar surface area (TPSA) is 20.3 Å². The number of benzene rings is 2.